The number of hydrogen-bond donors (Lipinski definition) is 1. The molecule has 1 N–H and O–H groups in total. The summed E-state index contributed by atoms with van der Waals surface area (Å²) in [6.07, 6.45) is 10.4. The predicted molar refractivity (Wildman–Crippen MR) is 111 cm³/mol. The summed E-state index contributed by atoms with van der Waals surface area (Å²) in [4.78, 5) is 14.5. The van der Waals surface area contributed by atoms with Gasteiger partial charge in [0.2, 0.25) is 0 Å². The summed E-state index contributed by atoms with van der Waals surface area (Å²) in [5.74, 6) is 0.708. The molecule has 1 saturated heterocycles. The first-order valence-electron chi connectivity index (χ1n) is 10.7. The van der Waals surface area contributed by atoms with Crippen LogP contribution < -0.4 is 10.1 Å². The van der Waals surface area contributed by atoms with Gasteiger partial charge in [-0.2, -0.15) is 0 Å². The van der Waals surface area contributed by atoms with Crippen molar-refractivity contribution in [1.82, 2.24) is 4.90 Å². The van der Waals surface area contributed by atoms with Gasteiger partial charge in [0.05, 0.1) is 18.9 Å². The van der Waals surface area contributed by atoms with Gasteiger partial charge in [0.1, 0.15) is 5.75 Å². The van der Waals surface area contributed by atoms with Gasteiger partial charge in [-0.15, -0.1) is 0 Å². The van der Waals surface area contributed by atoms with Crippen molar-refractivity contribution in [3.05, 3.63) is 24.3 Å². The van der Waals surface area contributed by atoms with Crippen LogP contribution in [0.5, 0.6) is 5.75 Å². The molecule has 1 heterocycles. The van der Waals surface area contributed by atoms with E-state index in [-0.39, 0.29) is 0 Å². The summed E-state index contributed by atoms with van der Waals surface area (Å²) in [7, 11) is 0. The molecule has 2 rings (SSSR count). The van der Waals surface area contributed by atoms with Gasteiger partial charge in [0, 0.05) is 6.54 Å². The van der Waals surface area contributed by atoms with Crippen molar-refractivity contribution in [3.63, 3.8) is 0 Å². The largest absolute Gasteiger partial charge is 0.491 e. The van der Waals surface area contributed by atoms with Gasteiger partial charge >= 0.3 is 6.09 Å². The number of ether oxygens (including phenoxy) is 2. The average Bonchev–Trinajstić information content (AvgIpc) is 3.19. The summed E-state index contributed by atoms with van der Waals surface area (Å²) < 4.78 is 11.2. The predicted octanol–water partition coefficient (Wildman–Crippen LogP) is 5.46. The summed E-state index contributed by atoms with van der Waals surface area (Å²) in [6, 6.07) is 7.55. The molecule has 1 aromatic rings. The maximum absolute atomic E-state index is 12.0. The van der Waals surface area contributed by atoms with Gasteiger partial charge in [-0.05, 0) is 50.9 Å². The zero-order valence-corrected chi connectivity index (χ0v) is 16.9. The minimum absolute atomic E-state index is 0.410. The van der Waals surface area contributed by atoms with Crippen LogP contribution in [0.1, 0.15) is 64.7 Å². The van der Waals surface area contributed by atoms with Crippen LogP contribution in [0.2, 0.25) is 0 Å². The average molecular weight is 377 g/mol. The van der Waals surface area contributed by atoms with E-state index in [1.165, 1.54) is 58.0 Å². The second kappa shape index (κ2) is 13.4. The lowest BCUT2D eigenvalue weighted by molar-refractivity contribution is 0.154. The number of nitrogens with zero attached hydrogens (tertiary/aromatic N) is 1. The van der Waals surface area contributed by atoms with Crippen LogP contribution in [0.4, 0.5) is 10.5 Å². The summed E-state index contributed by atoms with van der Waals surface area (Å²) in [6.45, 7) is 6.71. The van der Waals surface area contributed by atoms with Crippen molar-refractivity contribution in [2.45, 2.75) is 64.7 Å². The first-order chi connectivity index (χ1) is 13.3. The Bertz CT molecular complexity index is 530. The topological polar surface area (TPSA) is 50.8 Å². The number of hydrogen-bond acceptors (Lipinski definition) is 4. The van der Waals surface area contributed by atoms with Crippen LogP contribution in [0.3, 0.4) is 0 Å². The summed E-state index contributed by atoms with van der Waals surface area (Å²) in [5.41, 5.74) is 0.674. The van der Waals surface area contributed by atoms with Crippen LogP contribution in [-0.2, 0) is 4.74 Å². The second-order valence-corrected chi connectivity index (χ2v) is 7.28. The van der Waals surface area contributed by atoms with Gasteiger partial charge < -0.3 is 14.4 Å². The van der Waals surface area contributed by atoms with E-state index < -0.39 is 6.09 Å². The number of carbonyl (C=O) groups is 1. The van der Waals surface area contributed by atoms with Crippen LogP contribution in [-0.4, -0.2) is 43.8 Å². The molecule has 0 atom stereocenters. The molecule has 0 spiro atoms. The van der Waals surface area contributed by atoms with Gasteiger partial charge in [-0.1, -0.05) is 51.2 Å². The standard InChI is InChI=1S/C22H36N2O3/c1-2-3-4-5-6-11-18-26-21-14-8-7-13-20(21)23-22(25)27-19-12-17-24-15-9-10-16-24/h7-8,13-14H,2-6,9-12,15-19H2,1H3,(H,23,25). The van der Waals surface area contributed by atoms with E-state index in [0.717, 1.165) is 19.4 Å². The lowest BCUT2D eigenvalue weighted by Crippen LogP contribution is -2.23. The zero-order valence-electron chi connectivity index (χ0n) is 16.9. The lowest BCUT2D eigenvalue weighted by atomic mass is 10.1. The van der Waals surface area contributed by atoms with Crippen molar-refractivity contribution in [2.75, 3.05) is 38.2 Å². The SMILES string of the molecule is CCCCCCCCOc1ccccc1NC(=O)OCCCN1CCCC1. The van der Waals surface area contributed by atoms with Gasteiger partial charge in [-0.3, -0.25) is 5.32 Å². The monoisotopic (exact) mass is 376 g/mol. The van der Waals surface area contributed by atoms with E-state index >= 15 is 0 Å². The molecule has 27 heavy (non-hydrogen) atoms. The number of carbonyl (C=O) groups excluding carboxylic acids is 1. The Kier molecular flexibility index (Phi) is 10.7. The highest BCUT2D eigenvalue weighted by atomic mass is 16.5. The number of nitrogens with one attached hydrogen (secondary N) is 1. The van der Waals surface area contributed by atoms with Gasteiger partial charge in [0.15, 0.2) is 0 Å². The lowest BCUT2D eigenvalue weighted by Gasteiger charge is -2.15. The zero-order chi connectivity index (χ0) is 19.2. The van der Waals surface area contributed by atoms with E-state index in [9.17, 15) is 4.79 Å². The van der Waals surface area contributed by atoms with E-state index in [2.05, 4.69) is 17.1 Å². The number of rotatable bonds is 13. The van der Waals surface area contributed by atoms with Crippen molar-refractivity contribution in [1.29, 1.82) is 0 Å². The molecule has 1 amide bonds. The van der Waals surface area contributed by atoms with Gasteiger partial charge in [-0.25, -0.2) is 4.79 Å². The van der Waals surface area contributed by atoms with E-state index in [4.69, 9.17) is 9.47 Å². The number of anilines is 1. The quantitative estimate of drug-likeness (QED) is 0.464. The maximum Gasteiger partial charge on any atom is 0.411 e. The van der Waals surface area contributed by atoms with Crippen molar-refractivity contribution in [3.8, 4) is 5.75 Å². The Morgan fingerprint density at radius 2 is 1.74 bits per heavy atom. The van der Waals surface area contributed by atoms with Crippen molar-refractivity contribution >= 4 is 11.8 Å². The summed E-state index contributed by atoms with van der Waals surface area (Å²) in [5, 5.41) is 2.81. The van der Waals surface area contributed by atoms with Crippen LogP contribution in [0.25, 0.3) is 0 Å². The molecule has 5 nitrogen and oxygen atoms in total. The molecule has 0 bridgehead atoms. The normalized spacial score (nSPS) is 14.3. The minimum atomic E-state index is -0.410. The molecule has 0 aromatic heterocycles. The highest BCUT2D eigenvalue weighted by molar-refractivity contribution is 5.86. The van der Waals surface area contributed by atoms with E-state index in [0.29, 0.717) is 24.7 Å². The maximum atomic E-state index is 12.0. The Hall–Kier alpha value is -1.75. The Balaban J connectivity index is 1.62. The Morgan fingerprint density at radius 3 is 2.56 bits per heavy atom. The molecule has 1 aromatic carbocycles. The third-order valence-corrected chi connectivity index (χ3v) is 4.93. The number of amides is 1. The minimum Gasteiger partial charge on any atom is -0.491 e. The molecule has 0 aliphatic carbocycles. The molecule has 0 saturated carbocycles. The molecule has 1 fully saturated rings. The first-order valence-corrected chi connectivity index (χ1v) is 10.7. The Labute approximate surface area is 164 Å². The van der Waals surface area contributed by atoms with E-state index in [1.54, 1.807) is 0 Å². The molecule has 0 unspecified atom stereocenters. The molecule has 0 radical (unpaired) electrons. The molecular weight excluding hydrogens is 340 g/mol. The smallest absolute Gasteiger partial charge is 0.411 e. The second-order valence-electron chi connectivity index (χ2n) is 7.28. The molecule has 5 heteroatoms. The highest BCUT2D eigenvalue weighted by Crippen LogP contribution is 2.24. The number of benzene rings is 1. The molecule has 1 aliphatic rings. The highest BCUT2D eigenvalue weighted by Gasteiger charge is 2.12. The van der Waals surface area contributed by atoms with E-state index in [1.807, 2.05) is 24.3 Å². The van der Waals surface area contributed by atoms with Crippen LogP contribution in [0.15, 0.2) is 24.3 Å². The summed E-state index contributed by atoms with van der Waals surface area (Å²) >= 11 is 0. The third kappa shape index (κ3) is 9.14. The molecular formula is C22H36N2O3. The fraction of sp³-hybridized carbons (Fsp3) is 0.682. The van der Waals surface area contributed by atoms with Crippen molar-refractivity contribution in [2.24, 2.45) is 0 Å². The van der Waals surface area contributed by atoms with Crippen LogP contribution in [0, 0.1) is 0 Å². The molecule has 152 valence electrons. The van der Waals surface area contributed by atoms with Crippen LogP contribution >= 0.6 is 0 Å². The first kappa shape index (κ1) is 21.5. The number of unbranched alkanes of at least 4 members (excludes halogenated alkanes) is 5. The fourth-order valence-electron chi connectivity index (χ4n) is 3.37. The molecule has 1 aliphatic heterocycles. The number of likely N-dealkylation sites (tertiary alicyclic amines) is 1. The Morgan fingerprint density at radius 1 is 1.00 bits per heavy atom. The van der Waals surface area contributed by atoms with Gasteiger partial charge in [0.25, 0.3) is 0 Å². The fourth-order valence-corrected chi connectivity index (χ4v) is 3.37. The number of para-hydroxylation sites is 2. The third-order valence-electron chi connectivity index (χ3n) is 4.93. The van der Waals surface area contributed by atoms with Crippen molar-refractivity contribution < 1.29 is 14.3 Å².